The van der Waals surface area contributed by atoms with Crippen molar-refractivity contribution in [2.45, 2.75) is 33.6 Å². The van der Waals surface area contributed by atoms with E-state index in [1.165, 1.54) is 0 Å². The zero-order valence-electron chi connectivity index (χ0n) is 8.76. The molecule has 0 aliphatic heterocycles. The number of carbonyl (C=O) groups excluding carboxylic acids is 1. The molecule has 0 aliphatic rings. The van der Waals surface area contributed by atoms with Crippen molar-refractivity contribution < 1.29 is 4.79 Å². The van der Waals surface area contributed by atoms with E-state index >= 15 is 0 Å². The Balaban J connectivity index is 2.52. The Morgan fingerprint density at radius 2 is 2.14 bits per heavy atom. The lowest BCUT2D eigenvalue weighted by Crippen LogP contribution is -2.08. The van der Waals surface area contributed by atoms with Gasteiger partial charge in [0.2, 0.25) is 0 Å². The van der Waals surface area contributed by atoms with Gasteiger partial charge < -0.3 is 0 Å². The first kappa shape index (κ1) is 11.9. The molecule has 0 saturated heterocycles. The van der Waals surface area contributed by atoms with Crippen LogP contribution in [0.4, 0.5) is 0 Å². The average molecular weight is 275 g/mol. The van der Waals surface area contributed by atoms with E-state index < -0.39 is 0 Å². The minimum absolute atomic E-state index is 0.239. The number of carbonyl (C=O) groups is 1. The number of Topliss-reactive ketones (excluding diaryl/α,β-unsaturated/α-hetero) is 1. The van der Waals surface area contributed by atoms with E-state index in [1.54, 1.807) is 11.3 Å². The van der Waals surface area contributed by atoms with Gasteiger partial charge in [-0.25, -0.2) is 0 Å². The summed E-state index contributed by atoms with van der Waals surface area (Å²) in [5, 5.41) is 1.91. The molecular formula is C11H15BrOS. The van der Waals surface area contributed by atoms with Gasteiger partial charge >= 0.3 is 0 Å². The Hall–Kier alpha value is -0.150. The maximum atomic E-state index is 11.7. The quantitative estimate of drug-likeness (QED) is 0.741. The lowest BCUT2D eigenvalue weighted by molar-refractivity contribution is 0.0966. The monoisotopic (exact) mass is 274 g/mol. The third-order valence-electron chi connectivity index (χ3n) is 1.99. The topological polar surface area (TPSA) is 17.1 Å². The van der Waals surface area contributed by atoms with Gasteiger partial charge in [-0.05, 0) is 33.8 Å². The summed E-state index contributed by atoms with van der Waals surface area (Å²) in [6.45, 7) is 6.47. The number of thiophene rings is 1. The summed E-state index contributed by atoms with van der Waals surface area (Å²) in [7, 11) is 0. The van der Waals surface area contributed by atoms with Crippen LogP contribution in [0.5, 0.6) is 0 Å². The predicted molar refractivity (Wildman–Crippen MR) is 65.0 cm³/mol. The van der Waals surface area contributed by atoms with Crippen LogP contribution in [-0.2, 0) is 0 Å². The van der Waals surface area contributed by atoms with Gasteiger partial charge in [0.05, 0.1) is 3.79 Å². The second-order valence-corrected chi connectivity index (χ2v) is 6.91. The van der Waals surface area contributed by atoms with Gasteiger partial charge in [-0.1, -0.05) is 20.8 Å². The molecule has 0 atom stereocenters. The zero-order valence-corrected chi connectivity index (χ0v) is 11.2. The van der Waals surface area contributed by atoms with E-state index in [4.69, 9.17) is 0 Å². The Bertz CT molecular complexity index is 322. The van der Waals surface area contributed by atoms with Crippen molar-refractivity contribution in [3.8, 4) is 0 Å². The van der Waals surface area contributed by atoms with Crippen molar-refractivity contribution in [3.05, 3.63) is 20.8 Å². The highest BCUT2D eigenvalue weighted by Gasteiger charge is 2.14. The van der Waals surface area contributed by atoms with Crippen LogP contribution in [0.1, 0.15) is 44.0 Å². The largest absolute Gasteiger partial charge is 0.294 e. The summed E-state index contributed by atoms with van der Waals surface area (Å²) in [6.07, 6.45) is 1.59. The van der Waals surface area contributed by atoms with Crippen molar-refractivity contribution in [1.29, 1.82) is 0 Å². The fourth-order valence-corrected chi connectivity index (χ4v) is 2.25. The summed E-state index contributed by atoms with van der Waals surface area (Å²) >= 11 is 4.92. The molecule has 0 radical (unpaired) electrons. The molecule has 0 fully saturated rings. The third kappa shape index (κ3) is 3.93. The summed E-state index contributed by atoms with van der Waals surface area (Å²) in [5.41, 5.74) is 1.08. The summed E-state index contributed by atoms with van der Waals surface area (Å²) in [5.74, 6) is 0.252. The highest BCUT2D eigenvalue weighted by atomic mass is 79.9. The van der Waals surface area contributed by atoms with Crippen molar-refractivity contribution in [2.24, 2.45) is 5.41 Å². The standard InChI is InChI=1S/C11H15BrOS/c1-11(2,3)5-4-9(13)8-6-10(12)14-7-8/h6-7H,4-5H2,1-3H3. The van der Waals surface area contributed by atoms with E-state index in [-0.39, 0.29) is 11.2 Å². The van der Waals surface area contributed by atoms with Crippen molar-refractivity contribution in [2.75, 3.05) is 0 Å². The maximum Gasteiger partial charge on any atom is 0.163 e. The number of ketones is 1. The van der Waals surface area contributed by atoms with Crippen LogP contribution in [-0.4, -0.2) is 5.78 Å². The molecule has 78 valence electrons. The van der Waals surface area contributed by atoms with E-state index in [1.807, 2.05) is 11.4 Å². The van der Waals surface area contributed by atoms with Gasteiger partial charge in [-0.2, -0.15) is 0 Å². The minimum atomic E-state index is 0.239. The van der Waals surface area contributed by atoms with E-state index in [0.717, 1.165) is 15.8 Å². The lowest BCUT2D eigenvalue weighted by Gasteiger charge is -2.16. The fourth-order valence-electron chi connectivity index (χ4n) is 1.09. The Labute approximate surface area is 97.7 Å². The predicted octanol–water partition coefficient (Wildman–Crippen LogP) is 4.52. The van der Waals surface area contributed by atoms with Crippen LogP contribution in [0.15, 0.2) is 15.2 Å². The molecule has 1 heterocycles. The van der Waals surface area contributed by atoms with Crippen LogP contribution in [0, 0.1) is 5.41 Å². The Kier molecular flexibility index (Phi) is 3.90. The molecule has 0 aliphatic carbocycles. The first-order valence-corrected chi connectivity index (χ1v) is 6.33. The van der Waals surface area contributed by atoms with Gasteiger partial charge in [-0.3, -0.25) is 4.79 Å². The molecule has 0 amide bonds. The molecule has 1 aromatic rings. The average Bonchev–Trinajstić information content (AvgIpc) is 2.46. The number of rotatable bonds is 3. The third-order valence-corrected chi connectivity index (χ3v) is 3.50. The molecule has 14 heavy (non-hydrogen) atoms. The molecule has 1 rings (SSSR count). The zero-order chi connectivity index (χ0) is 10.8. The molecule has 1 aromatic heterocycles. The van der Waals surface area contributed by atoms with Gasteiger partial charge in [0.25, 0.3) is 0 Å². The molecule has 0 spiro atoms. The van der Waals surface area contributed by atoms with Crippen LogP contribution in [0.25, 0.3) is 0 Å². The molecule has 1 nitrogen and oxygen atoms in total. The van der Waals surface area contributed by atoms with Crippen molar-refractivity contribution >= 4 is 33.0 Å². The summed E-state index contributed by atoms with van der Waals surface area (Å²) in [6, 6.07) is 1.90. The molecule has 3 heteroatoms. The second-order valence-electron chi connectivity index (χ2n) is 4.62. The van der Waals surface area contributed by atoms with Crippen molar-refractivity contribution in [1.82, 2.24) is 0 Å². The van der Waals surface area contributed by atoms with Crippen LogP contribution < -0.4 is 0 Å². The highest BCUT2D eigenvalue weighted by molar-refractivity contribution is 9.11. The van der Waals surface area contributed by atoms with Crippen LogP contribution in [0.2, 0.25) is 0 Å². The second kappa shape index (κ2) is 4.58. The molecule has 0 saturated carbocycles. The van der Waals surface area contributed by atoms with Gasteiger partial charge in [0.15, 0.2) is 5.78 Å². The first-order chi connectivity index (χ1) is 6.38. The maximum absolute atomic E-state index is 11.7. The number of halogens is 1. The number of hydrogen-bond acceptors (Lipinski definition) is 2. The Morgan fingerprint density at radius 3 is 2.57 bits per heavy atom. The van der Waals surface area contributed by atoms with Crippen molar-refractivity contribution in [3.63, 3.8) is 0 Å². The molecular weight excluding hydrogens is 260 g/mol. The van der Waals surface area contributed by atoms with E-state index in [9.17, 15) is 4.79 Å². The van der Waals surface area contributed by atoms with Crippen LogP contribution in [0.3, 0.4) is 0 Å². The first-order valence-electron chi connectivity index (χ1n) is 4.66. The Morgan fingerprint density at radius 1 is 1.50 bits per heavy atom. The summed E-state index contributed by atoms with van der Waals surface area (Å²) < 4.78 is 1.02. The molecule has 0 bridgehead atoms. The SMILES string of the molecule is CC(C)(C)CCC(=O)c1csc(Br)c1. The molecule has 0 N–H and O–H groups in total. The minimum Gasteiger partial charge on any atom is -0.294 e. The normalized spacial score (nSPS) is 11.7. The van der Waals surface area contributed by atoms with Gasteiger partial charge in [0.1, 0.15) is 0 Å². The van der Waals surface area contributed by atoms with E-state index in [0.29, 0.717) is 6.42 Å². The van der Waals surface area contributed by atoms with Gasteiger partial charge in [0, 0.05) is 17.4 Å². The fraction of sp³-hybridized carbons (Fsp3) is 0.545. The highest BCUT2D eigenvalue weighted by Crippen LogP contribution is 2.25. The smallest absolute Gasteiger partial charge is 0.163 e. The molecule has 0 aromatic carbocycles. The summed E-state index contributed by atoms with van der Waals surface area (Å²) in [4.78, 5) is 11.7. The van der Waals surface area contributed by atoms with Crippen LogP contribution >= 0.6 is 27.3 Å². The van der Waals surface area contributed by atoms with E-state index in [2.05, 4.69) is 36.7 Å². The number of hydrogen-bond donors (Lipinski definition) is 0. The van der Waals surface area contributed by atoms with Gasteiger partial charge in [-0.15, -0.1) is 11.3 Å². The molecule has 0 unspecified atom stereocenters. The lowest BCUT2D eigenvalue weighted by atomic mass is 9.89.